The highest BCUT2D eigenvalue weighted by Crippen LogP contribution is 2.17. The van der Waals surface area contributed by atoms with Gasteiger partial charge in [0.2, 0.25) is 0 Å². The van der Waals surface area contributed by atoms with Crippen molar-refractivity contribution in [2.24, 2.45) is 5.84 Å². The molecule has 102 valence electrons. The van der Waals surface area contributed by atoms with Crippen LogP contribution in [0.2, 0.25) is 0 Å². The van der Waals surface area contributed by atoms with Crippen LogP contribution in [0, 0.1) is 0 Å². The minimum absolute atomic E-state index is 0.632. The van der Waals surface area contributed by atoms with E-state index in [9.17, 15) is 0 Å². The second kappa shape index (κ2) is 6.19. The van der Waals surface area contributed by atoms with Gasteiger partial charge in [0.05, 0.1) is 12.5 Å². The zero-order valence-electron chi connectivity index (χ0n) is 11.3. The molecule has 2 heterocycles. The van der Waals surface area contributed by atoms with E-state index in [2.05, 4.69) is 22.3 Å². The van der Waals surface area contributed by atoms with Crippen LogP contribution in [0.4, 0.5) is 11.6 Å². The van der Waals surface area contributed by atoms with Crippen LogP contribution in [-0.2, 0) is 13.0 Å². The predicted molar refractivity (Wildman–Crippen MR) is 74.7 cm³/mol. The summed E-state index contributed by atoms with van der Waals surface area (Å²) in [5.74, 6) is 7.72. The van der Waals surface area contributed by atoms with E-state index in [1.807, 2.05) is 24.1 Å². The molecule has 0 saturated heterocycles. The number of anilines is 2. The fourth-order valence-electron chi connectivity index (χ4n) is 1.83. The summed E-state index contributed by atoms with van der Waals surface area (Å²) in [6.45, 7) is 2.82. The molecule has 0 aliphatic heterocycles. The van der Waals surface area contributed by atoms with Crippen molar-refractivity contribution in [2.75, 3.05) is 17.4 Å². The third kappa shape index (κ3) is 3.45. The maximum Gasteiger partial charge on any atom is 0.145 e. The second-order valence-electron chi connectivity index (χ2n) is 4.41. The number of aromatic nitrogens is 2. The summed E-state index contributed by atoms with van der Waals surface area (Å²) in [6.07, 6.45) is 5.23. The normalized spacial score (nSPS) is 10.5. The van der Waals surface area contributed by atoms with Crippen LogP contribution in [0.25, 0.3) is 0 Å². The molecule has 0 bridgehead atoms. The topological polar surface area (TPSA) is 80.2 Å². The van der Waals surface area contributed by atoms with Gasteiger partial charge in [0.25, 0.3) is 0 Å². The van der Waals surface area contributed by atoms with Crippen LogP contribution in [0.3, 0.4) is 0 Å². The molecule has 6 heteroatoms. The van der Waals surface area contributed by atoms with Gasteiger partial charge in [0, 0.05) is 31.6 Å². The smallest absolute Gasteiger partial charge is 0.145 e. The van der Waals surface area contributed by atoms with E-state index < -0.39 is 0 Å². The SMILES string of the molecule is CCCc1nc(NN)cc(N(C)Cc2ccoc2)n1. The summed E-state index contributed by atoms with van der Waals surface area (Å²) in [4.78, 5) is 10.9. The highest BCUT2D eigenvalue weighted by molar-refractivity contribution is 5.48. The molecule has 0 unspecified atom stereocenters. The molecule has 0 fully saturated rings. The highest BCUT2D eigenvalue weighted by atomic mass is 16.3. The van der Waals surface area contributed by atoms with Gasteiger partial charge < -0.3 is 14.7 Å². The van der Waals surface area contributed by atoms with Crippen molar-refractivity contribution in [1.82, 2.24) is 9.97 Å². The van der Waals surface area contributed by atoms with Gasteiger partial charge in [-0.2, -0.15) is 0 Å². The molecule has 0 spiro atoms. The Morgan fingerprint density at radius 3 is 2.89 bits per heavy atom. The molecule has 3 N–H and O–H groups in total. The molecule has 2 aromatic heterocycles. The molecule has 19 heavy (non-hydrogen) atoms. The number of nitrogen functional groups attached to an aromatic ring is 1. The first-order valence-corrected chi connectivity index (χ1v) is 6.29. The molecule has 0 saturated carbocycles. The van der Waals surface area contributed by atoms with Gasteiger partial charge in [-0.25, -0.2) is 15.8 Å². The number of nitrogens with two attached hydrogens (primary N) is 1. The summed E-state index contributed by atoms with van der Waals surface area (Å²) in [7, 11) is 1.98. The number of hydrogen-bond donors (Lipinski definition) is 2. The maximum atomic E-state index is 5.45. The van der Waals surface area contributed by atoms with Crippen molar-refractivity contribution in [1.29, 1.82) is 0 Å². The molecule has 0 amide bonds. The van der Waals surface area contributed by atoms with Crippen molar-refractivity contribution in [3.8, 4) is 0 Å². The zero-order valence-corrected chi connectivity index (χ0v) is 11.3. The number of hydrogen-bond acceptors (Lipinski definition) is 6. The molecule has 0 radical (unpaired) electrons. The lowest BCUT2D eigenvalue weighted by atomic mass is 10.3. The molecular weight excluding hydrogens is 242 g/mol. The van der Waals surface area contributed by atoms with Crippen LogP contribution >= 0.6 is 0 Å². The predicted octanol–water partition coefficient (Wildman–Crippen LogP) is 1.94. The Bertz CT molecular complexity index is 512. The van der Waals surface area contributed by atoms with Gasteiger partial charge in [0.15, 0.2) is 0 Å². The number of nitrogens with zero attached hydrogens (tertiary/aromatic N) is 3. The van der Waals surface area contributed by atoms with Crippen LogP contribution in [-0.4, -0.2) is 17.0 Å². The monoisotopic (exact) mass is 261 g/mol. The van der Waals surface area contributed by atoms with E-state index in [1.165, 1.54) is 0 Å². The molecule has 6 nitrogen and oxygen atoms in total. The van der Waals surface area contributed by atoms with Crippen molar-refractivity contribution in [3.05, 3.63) is 36.0 Å². The van der Waals surface area contributed by atoms with Crippen molar-refractivity contribution < 1.29 is 4.42 Å². The molecule has 0 aliphatic carbocycles. The first-order chi connectivity index (χ1) is 9.22. The first kappa shape index (κ1) is 13.4. The van der Waals surface area contributed by atoms with Gasteiger partial charge in [-0.05, 0) is 12.5 Å². The number of hydrazine groups is 1. The lowest BCUT2D eigenvalue weighted by Gasteiger charge is -2.18. The van der Waals surface area contributed by atoms with Gasteiger partial charge in [-0.1, -0.05) is 6.92 Å². The largest absolute Gasteiger partial charge is 0.472 e. The van der Waals surface area contributed by atoms with E-state index in [-0.39, 0.29) is 0 Å². The number of furan rings is 1. The number of rotatable bonds is 6. The average Bonchev–Trinajstić information content (AvgIpc) is 2.91. The third-order valence-corrected chi connectivity index (χ3v) is 2.77. The molecule has 0 aromatic carbocycles. The Morgan fingerprint density at radius 2 is 2.26 bits per heavy atom. The van der Waals surface area contributed by atoms with E-state index >= 15 is 0 Å². The summed E-state index contributed by atoms with van der Waals surface area (Å²) in [6, 6.07) is 3.77. The molecular formula is C13H19N5O. The minimum atomic E-state index is 0.632. The van der Waals surface area contributed by atoms with Gasteiger partial charge in [-0.3, -0.25) is 0 Å². The molecule has 2 aromatic rings. The van der Waals surface area contributed by atoms with Crippen molar-refractivity contribution >= 4 is 11.6 Å². The fourth-order valence-corrected chi connectivity index (χ4v) is 1.83. The Labute approximate surface area is 112 Å². The summed E-state index contributed by atoms with van der Waals surface area (Å²) in [5, 5.41) is 0. The highest BCUT2D eigenvalue weighted by Gasteiger charge is 2.09. The summed E-state index contributed by atoms with van der Waals surface area (Å²) >= 11 is 0. The Balaban J connectivity index is 2.19. The molecule has 2 rings (SSSR count). The standard InChI is InChI=1S/C13H19N5O/c1-3-4-11-15-12(17-14)7-13(16-11)18(2)8-10-5-6-19-9-10/h5-7,9H,3-4,8,14H2,1-2H3,(H,15,16,17). The lowest BCUT2D eigenvalue weighted by molar-refractivity contribution is 0.563. The Hall–Kier alpha value is -2.08. The van der Waals surface area contributed by atoms with Crippen LogP contribution in [0.5, 0.6) is 0 Å². The molecule has 0 aliphatic rings. The van der Waals surface area contributed by atoms with E-state index in [0.29, 0.717) is 5.82 Å². The third-order valence-electron chi connectivity index (χ3n) is 2.77. The minimum Gasteiger partial charge on any atom is -0.472 e. The average molecular weight is 261 g/mol. The maximum absolute atomic E-state index is 5.45. The summed E-state index contributed by atoms with van der Waals surface area (Å²) in [5.41, 5.74) is 3.68. The van der Waals surface area contributed by atoms with Crippen LogP contribution in [0.15, 0.2) is 29.1 Å². The lowest BCUT2D eigenvalue weighted by Crippen LogP contribution is -2.19. The second-order valence-corrected chi connectivity index (χ2v) is 4.41. The van der Waals surface area contributed by atoms with E-state index in [4.69, 9.17) is 10.3 Å². The van der Waals surface area contributed by atoms with Gasteiger partial charge in [0.1, 0.15) is 17.5 Å². The van der Waals surface area contributed by atoms with Crippen molar-refractivity contribution in [2.45, 2.75) is 26.3 Å². The Morgan fingerprint density at radius 1 is 1.42 bits per heavy atom. The van der Waals surface area contributed by atoms with Crippen LogP contribution < -0.4 is 16.2 Å². The first-order valence-electron chi connectivity index (χ1n) is 6.29. The zero-order chi connectivity index (χ0) is 13.7. The number of aryl methyl sites for hydroxylation is 1. The Kier molecular flexibility index (Phi) is 4.35. The quantitative estimate of drug-likeness (QED) is 0.611. The molecule has 0 atom stereocenters. The van der Waals surface area contributed by atoms with E-state index in [0.717, 1.165) is 36.6 Å². The van der Waals surface area contributed by atoms with Crippen LogP contribution in [0.1, 0.15) is 24.7 Å². The van der Waals surface area contributed by atoms with Gasteiger partial charge >= 0.3 is 0 Å². The van der Waals surface area contributed by atoms with Gasteiger partial charge in [-0.15, -0.1) is 0 Å². The van der Waals surface area contributed by atoms with Crippen molar-refractivity contribution in [3.63, 3.8) is 0 Å². The summed E-state index contributed by atoms with van der Waals surface area (Å²) < 4.78 is 5.07. The fraction of sp³-hybridized carbons (Fsp3) is 0.385. The number of nitrogens with one attached hydrogen (secondary N) is 1. The van der Waals surface area contributed by atoms with E-state index in [1.54, 1.807) is 12.5 Å².